The lowest BCUT2D eigenvalue weighted by molar-refractivity contribution is 0.406. The molecule has 21 heavy (non-hydrogen) atoms. The summed E-state index contributed by atoms with van der Waals surface area (Å²) in [6.45, 7) is 2.92. The summed E-state index contributed by atoms with van der Waals surface area (Å²) in [6.07, 6.45) is 0.889. The maximum Gasteiger partial charge on any atom is 0.123 e. The summed E-state index contributed by atoms with van der Waals surface area (Å²) in [5, 5.41) is 3.17. The van der Waals surface area contributed by atoms with Gasteiger partial charge in [0.15, 0.2) is 0 Å². The smallest absolute Gasteiger partial charge is 0.123 e. The van der Waals surface area contributed by atoms with Gasteiger partial charge in [-0.05, 0) is 50.7 Å². The molecule has 3 heteroatoms. The number of halogens is 1. The summed E-state index contributed by atoms with van der Waals surface area (Å²) < 4.78 is 19.1. The second-order valence-electron chi connectivity index (χ2n) is 5.25. The first-order valence-corrected chi connectivity index (χ1v) is 7.20. The Morgan fingerprint density at radius 3 is 2.67 bits per heavy atom. The van der Waals surface area contributed by atoms with E-state index in [1.54, 1.807) is 19.2 Å². The first-order valence-electron chi connectivity index (χ1n) is 7.20. The van der Waals surface area contributed by atoms with Gasteiger partial charge in [0, 0.05) is 11.5 Å². The van der Waals surface area contributed by atoms with Crippen molar-refractivity contribution in [2.75, 3.05) is 20.7 Å². The van der Waals surface area contributed by atoms with Crippen LogP contribution in [0.25, 0.3) is 0 Å². The van der Waals surface area contributed by atoms with E-state index in [0.717, 1.165) is 29.8 Å². The van der Waals surface area contributed by atoms with Crippen LogP contribution >= 0.6 is 0 Å². The molecule has 0 saturated heterocycles. The van der Waals surface area contributed by atoms with E-state index >= 15 is 0 Å². The fourth-order valence-corrected chi connectivity index (χ4v) is 2.64. The topological polar surface area (TPSA) is 21.3 Å². The number of benzene rings is 2. The molecule has 2 rings (SSSR count). The molecule has 2 aromatic rings. The zero-order chi connectivity index (χ0) is 15.2. The Balaban J connectivity index is 2.47. The van der Waals surface area contributed by atoms with E-state index in [1.165, 1.54) is 11.6 Å². The Hall–Kier alpha value is -1.87. The minimum atomic E-state index is -0.200. The Morgan fingerprint density at radius 1 is 1.19 bits per heavy atom. The molecule has 0 radical (unpaired) electrons. The van der Waals surface area contributed by atoms with E-state index in [-0.39, 0.29) is 11.7 Å². The predicted octanol–water partition coefficient (Wildman–Crippen LogP) is 3.88. The summed E-state index contributed by atoms with van der Waals surface area (Å²) in [6, 6.07) is 13.0. The van der Waals surface area contributed by atoms with Crippen LogP contribution in [0.5, 0.6) is 5.75 Å². The minimum absolute atomic E-state index is 0.114. The molecule has 0 aliphatic rings. The summed E-state index contributed by atoms with van der Waals surface area (Å²) in [4.78, 5) is 0. The molecule has 112 valence electrons. The quantitative estimate of drug-likeness (QED) is 0.870. The molecular weight excluding hydrogens is 265 g/mol. The van der Waals surface area contributed by atoms with Crippen molar-refractivity contribution in [3.05, 3.63) is 65.0 Å². The van der Waals surface area contributed by atoms with Crippen molar-refractivity contribution >= 4 is 0 Å². The summed E-state index contributed by atoms with van der Waals surface area (Å²) in [5.74, 6) is 0.766. The van der Waals surface area contributed by atoms with Crippen molar-refractivity contribution in [3.8, 4) is 5.75 Å². The van der Waals surface area contributed by atoms with Crippen molar-refractivity contribution in [2.24, 2.45) is 0 Å². The molecule has 1 unspecified atom stereocenters. The zero-order valence-corrected chi connectivity index (χ0v) is 12.8. The summed E-state index contributed by atoms with van der Waals surface area (Å²) in [5.41, 5.74) is 3.27. The summed E-state index contributed by atoms with van der Waals surface area (Å²) in [7, 11) is 3.60. The average Bonchev–Trinajstić information content (AvgIpc) is 2.48. The Kier molecular flexibility index (Phi) is 5.34. The molecule has 0 aliphatic carbocycles. The number of hydrogen-bond acceptors (Lipinski definition) is 2. The fourth-order valence-electron chi connectivity index (χ4n) is 2.64. The number of aryl methyl sites for hydroxylation is 1. The third-order valence-corrected chi connectivity index (χ3v) is 3.69. The molecule has 1 N–H and O–H groups in total. The predicted molar refractivity (Wildman–Crippen MR) is 84.5 cm³/mol. The van der Waals surface area contributed by atoms with Crippen LogP contribution in [0.1, 0.15) is 29.0 Å². The van der Waals surface area contributed by atoms with Crippen molar-refractivity contribution in [3.63, 3.8) is 0 Å². The standard InChI is InChI=1S/C18H22FNO/c1-13-7-8-18(21-3)17(11-13)16(9-10-20-2)14-5-4-6-15(19)12-14/h4-8,11-12,16,20H,9-10H2,1-3H3. The highest BCUT2D eigenvalue weighted by Crippen LogP contribution is 2.35. The largest absolute Gasteiger partial charge is 0.496 e. The van der Waals surface area contributed by atoms with Gasteiger partial charge in [-0.1, -0.05) is 29.8 Å². The molecule has 2 nitrogen and oxygen atoms in total. The van der Waals surface area contributed by atoms with Crippen molar-refractivity contribution in [2.45, 2.75) is 19.3 Å². The van der Waals surface area contributed by atoms with Gasteiger partial charge in [-0.25, -0.2) is 4.39 Å². The maximum absolute atomic E-state index is 13.6. The lowest BCUT2D eigenvalue weighted by Gasteiger charge is -2.21. The molecule has 2 aromatic carbocycles. The van der Waals surface area contributed by atoms with Crippen LogP contribution in [0.4, 0.5) is 4.39 Å². The lowest BCUT2D eigenvalue weighted by atomic mass is 9.87. The second-order valence-corrected chi connectivity index (χ2v) is 5.25. The zero-order valence-electron chi connectivity index (χ0n) is 12.8. The maximum atomic E-state index is 13.6. The number of nitrogens with one attached hydrogen (secondary N) is 1. The molecule has 1 atom stereocenters. The number of hydrogen-bond donors (Lipinski definition) is 1. The third-order valence-electron chi connectivity index (χ3n) is 3.69. The second kappa shape index (κ2) is 7.23. The molecule has 0 bridgehead atoms. The van der Waals surface area contributed by atoms with E-state index < -0.39 is 0 Å². The van der Waals surface area contributed by atoms with Gasteiger partial charge in [0.2, 0.25) is 0 Å². The van der Waals surface area contributed by atoms with E-state index in [2.05, 4.69) is 18.3 Å². The monoisotopic (exact) mass is 287 g/mol. The van der Waals surface area contributed by atoms with Crippen LogP contribution in [0, 0.1) is 12.7 Å². The van der Waals surface area contributed by atoms with E-state index in [0.29, 0.717) is 0 Å². The average molecular weight is 287 g/mol. The van der Waals surface area contributed by atoms with Crippen molar-refractivity contribution < 1.29 is 9.13 Å². The minimum Gasteiger partial charge on any atom is -0.496 e. The van der Waals surface area contributed by atoms with Crippen LogP contribution < -0.4 is 10.1 Å². The summed E-state index contributed by atoms with van der Waals surface area (Å²) >= 11 is 0. The molecular formula is C18H22FNO. The lowest BCUT2D eigenvalue weighted by Crippen LogP contribution is -2.14. The molecule has 0 saturated carbocycles. The molecule has 0 aliphatic heterocycles. The highest BCUT2D eigenvalue weighted by molar-refractivity contribution is 5.44. The van der Waals surface area contributed by atoms with E-state index in [1.807, 2.05) is 25.2 Å². The fraction of sp³-hybridized carbons (Fsp3) is 0.333. The first-order chi connectivity index (χ1) is 10.2. The Morgan fingerprint density at radius 2 is 2.00 bits per heavy atom. The van der Waals surface area contributed by atoms with E-state index in [4.69, 9.17) is 4.74 Å². The number of methoxy groups -OCH3 is 1. The van der Waals surface area contributed by atoms with Crippen LogP contribution in [0.15, 0.2) is 42.5 Å². The molecule has 0 fully saturated rings. The van der Waals surface area contributed by atoms with Crippen LogP contribution in [0.2, 0.25) is 0 Å². The van der Waals surface area contributed by atoms with Gasteiger partial charge >= 0.3 is 0 Å². The highest BCUT2D eigenvalue weighted by Gasteiger charge is 2.18. The number of rotatable bonds is 6. The first kappa shape index (κ1) is 15.5. The van der Waals surface area contributed by atoms with Gasteiger partial charge < -0.3 is 10.1 Å². The van der Waals surface area contributed by atoms with Gasteiger partial charge in [0.25, 0.3) is 0 Å². The molecule has 0 aromatic heterocycles. The van der Waals surface area contributed by atoms with Gasteiger partial charge in [-0.3, -0.25) is 0 Å². The van der Waals surface area contributed by atoms with Gasteiger partial charge in [-0.15, -0.1) is 0 Å². The van der Waals surface area contributed by atoms with Crippen molar-refractivity contribution in [1.29, 1.82) is 0 Å². The van der Waals surface area contributed by atoms with E-state index in [9.17, 15) is 4.39 Å². The third kappa shape index (κ3) is 3.82. The SMILES string of the molecule is CNCCC(c1cccc(F)c1)c1cc(C)ccc1OC. The van der Waals surface area contributed by atoms with Gasteiger partial charge in [0.05, 0.1) is 7.11 Å². The molecule has 0 spiro atoms. The molecule has 0 heterocycles. The van der Waals surface area contributed by atoms with Crippen LogP contribution in [0.3, 0.4) is 0 Å². The normalized spacial score (nSPS) is 12.2. The molecule has 0 amide bonds. The Bertz CT molecular complexity index is 598. The highest BCUT2D eigenvalue weighted by atomic mass is 19.1. The van der Waals surface area contributed by atoms with Gasteiger partial charge in [0.1, 0.15) is 11.6 Å². The van der Waals surface area contributed by atoms with Crippen LogP contribution in [-0.4, -0.2) is 20.7 Å². The van der Waals surface area contributed by atoms with Gasteiger partial charge in [-0.2, -0.15) is 0 Å². The van der Waals surface area contributed by atoms with Crippen molar-refractivity contribution in [1.82, 2.24) is 5.32 Å². The Labute approximate surface area is 126 Å². The van der Waals surface area contributed by atoms with Crippen LogP contribution in [-0.2, 0) is 0 Å². The number of ether oxygens (including phenoxy) is 1.